The number of aryl methyl sites for hydroxylation is 1. The van der Waals surface area contributed by atoms with Gasteiger partial charge in [0.1, 0.15) is 0 Å². The van der Waals surface area contributed by atoms with Crippen molar-refractivity contribution in [2.24, 2.45) is 11.3 Å². The van der Waals surface area contributed by atoms with Gasteiger partial charge in [0, 0.05) is 0 Å². The van der Waals surface area contributed by atoms with Crippen molar-refractivity contribution in [3.63, 3.8) is 0 Å². The maximum Gasteiger partial charge on any atom is -0.0152 e. The van der Waals surface area contributed by atoms with E-state index >= 15 is 0 Å². The van der Waals surface area contributed by atoms with E-state index in [9.17, 15) is 0 Å². The molecule has 0 heterocycles. The van der Waals surface area contributed by atoms with E-state index in [1.54, 1.807) is 0 Å². The molecule has 1 aliphatic carbocycles. The highest BCUT2D eigenvalue weighted by atomic mass is 14.5. The van der Waals surface area contributed by atoms with Crippen molar-refractivity contribution in [1.82, 2.24) is 0 Å². The zero-order chi connectivity index (χ0) is 11.9. The molecule has 3 rings (SSSR count). The Labute approximate surface area is 104 Å². The minimum absolute atomic E-state index is 0.622. The van der Waals surface area contributed by atoms with Gasteiger partial charge in [-0.2, -0.15) is 0 Å². The van der Waals surface area contributed by atoms with Crippen LogP contribution in [-0.4, -0.2) is 0 Å². The van der Waals surface area contributed by atoms with E-state index in [-0.39, 0.29) is 0 Å². The van der Waals surface area contributed by atoms with Crippen LogP contribution in [0.25, 0.3) is 10.8 Å². The average molecular weight is 224 g/mol. The average Bonchev–Trinajstić information content (AvgIpc) is 2.95. The Morgan fingerprint density at radius 2 is 1.82 bits per heavy atom. The Morgan fingerprint density at radius 1 is 1.12 bits per heavy atom. The van der Waals surface area contributed by atoms with Gasteiger partial charge < -0.3 is 0 Å². The molecule has 0 saturated heterocycles. The summed E-state index contributed by atoms with van der Waals surface area (Å²) in [5.74, 6) is 0.928. The van der Waals surface area contributed by atoms with E-state index in [1.807, 2.05) is 0 Å². The fraction of sp³-hybridized carbons (Fsp3) is 0.412. The third-order valence-electron chi connectivity index (χ3n) is 4.65. The summed E-state index contributed by atoms with van der Waals surface area (Å²) in [5, 5.41) is 2.81. The van der Waals surface area contributed by atoms with Crippen molar-refractivity contribution in [3.05, 3.63) is 48.0 Å². The Kier molecular flexibility index (Phi) is 2.47. The first-order valence-corrected chi connectivity index (χ1v) is 6.66. The van der Waals surface area contributed by atoms with Crippen LogP contribution >= 0.6 is 0 Å². The number of benzene rings is 2. The van der Waals surface area contributed by atoms with Gasteiger partial charge in [0.2, 0.25) is 0 Å². The maximum absolute atomic E-state index is 2.43. The summed E-state index contributed by atoms with van der Waals surface area (Å²) >= 11 is 0. The van der Waals surface area contributed by atoms with E-state index in [4.69, 9.17) is 0 Å². The zero-order valence-corrected chi connectivity index (χ0v) is 10.7. The zero-order valence-electron chi connectivity index (χ0n) is 10.7. The van der Waals surface area contributed by atoms with Gasteiger partial charge in [0.15, 0.2) is 0 Å². The summed E-state index contributed by atoms with van der Waals surface area (Å²) in [7, 11) is 0. The fourth-order valence-corrected chi connectivity index (χ4v) is 2.92. The molecule has 88 valence electrons. The standard InChI is InChI=1S/C17H20/c1-13-12-17(13,2)11-10-15-8-5-7-14-6-3-4-9-16(14)15/h3-9,13H,10-12H2,1-2H3. The molecule has 0 bridgehead atoms. The quantitative estimate of drug-likeness (QED) is 0.701. The van der Waals surface area contributed by atoms with Crippen LogP contribution in [0.4, 0.5) is 0 Å². The lowest BCUT2D eigenvalue weighted by molar-refractivity contribution is 0.476. The van der Waals surface area contributed by atoms with Crippen LogP contribution in [0.15, 0.2) is 42.5 Å². The topological polar surface area (TPSA) is 0 Å². The van der Waals surface area contributed by atoms with Gasteiger partial charge in [-0.05, 0) is 46.9 Å². The van der Waals surface area contributed by atoms with Gasteiger partial charge >= 0.3 is 0 Å². The molecule has 1 saturated carbocycles. The SMILES string of the molecule is CC1CC1(C)CCc1cccc2ccccc12. The summed E-state index contributed by atoms with van der Waals surface area (Å²) in [6, 6.07) is 15.4. The van der Waals surface area contributed by atoms with Crippen LogP contribution in [-0.2, 0) is 6.42 Å². The van der Waals surface area contributed by atoms with Crippen molar-refractivity contribution in [2.75, 3.05) is 0 Å². The molecule has 0 spiro atoms. The Balaban J connectivity index is 1.85. The lowest BCUT2D eigenvalue weighted by atomic mass is 9.94. The molecular formula is C17H20. The van der Waals surface area contributed by atoms with E-state index in [0.717, 1.165) is 5.92 Å². The van der Waals surface area contributed by atoms with Gasteiger partial charge in [-0.25, -0.2) is 0 Å². The lowest BCUT2D eigenvalue weighted by Crippen LogP contribution is -1.99. The van der Waals surface area contributed by atoms with Crippen molar-refractivity contribution in [2.45, 2.75) is 33.1 Å². The predicted octanol–water partition coefficient (Wildman–Crippen LogP) is 4.82. The molecule has 0 radical (unpaired) electrons. The Morgan fingerprint density at radius 3 is 2.59 bits per heavy atom. The molecule has 2 aromatic rings. The van der Waals surface area contributed by atoms with E-state index in [1.165, 1.54) is 35.6 Å². The van der Waals surface area contributed by atoms with Crippen molar-refractivity contribution < 1.29 is 0 Å². The smallest absolute Gasteiger partial charge is 0.0152 e. The molecule has 0 heteroatoms. The summed E-state index contributed by atoms with van der Waals surface area (Å²) < 4.78 is 0. The van der Waals surface area contributed by atoms with Crippen LogP contribution in [0, 0.1) is 11.3 Å². The van der Waals surface area contributed by atoms with Gasteiger partial charge in [-0.1, -0.05) is 56.3 Å². The molecule has 2 aromatic carbocycles. The first-order valence-electron chi connectivity index (χ1n) is 6.66. The normalized spacial score (nSPS) is 27.3. The summed E-state index contributed by atoms with van der Waals surface area (Å²) in [5.41, 5.74) is 2.14. The highest BCUT2D eigenvalue weighted by molar-refractivity contribution is 5.85. The second-order valence-electron chi connectivity index (χ2n) is 5.90. The molecule has 1 aliphatic rings. The molecule has 0 amide bonds. The molecule has 0 aliphatic heterocycles. The van der Waals surface area contributed by atoms with E-state index in [0.29, 0.717) is 5.41 Å². The Hall–Kier alpha value is -1.30. The molecule has 2 atom stereocenters. The molecule has 1 fully saturated rings. The maximum atomic E-state index is 2.43. The number of rotatable bonds is 3. The second kappa shape index (κ2) is 3.87. The molecule has 2 unspecified atom stereocenters. The first-order chi connectivity index (χ1) is 8.19. The lowest BCUT2D eigenvalue weighted by Gasteiger charge is -2.11. The highest BCUT2D eigenvalue weighted by Gasteiger charge is 2.45. The minimum Gasteiger partial charge on any atom is -0.0620 e. The number of hydrogen-bond acceptors (Lipinski definition) is 0. The summed E-state index contributed by atoms with van der Waals surface area (Å²) in [6.07, 6.45) is 3.97. The van der Waals surface area contributed by atoms with Crippen molar-refractivity contribution >= 4 is 10.8 Å². The van der Waals surface area contributed by atoms with Crippen LogP contribution in [0.1, 0.15) is 32.3 Å². The number of fused-ring (bicyclic) bond motifs is 1. The van der Waals surface area contributed by atoms with Gasteiger partial charge in [-0.3, -0.25) is 0 Å². The van der Waals surface area contributed by atoms with E-state index < -0.39 is 0 Å². The predicted molar refractivity (Wildman–Crippen MR) is 74.2 cm³/mol. The van der Waals surface area contributed by atoms with Crippen molar-refractivity contribution in [1.29, 1.82) is 0 Å². The fourth-order valence-electron chi connectivity index (χ4n) is 2.92. The molecule has 17 heavy (non-hydrogen) atoms. The number of hydrogen-bond donors (Lipinski definition) is 0. The van der Waals surface area contributed by atoms with Gasteiger partial charge in [0.05, 0.1) is 0 Å². The third kappa shape index (κ3) is 1.97. The molecule has 0 nitrogen and oxygen atoms in total. The Bertz CT molecular complexity index is 535. The van der Waals surface area contributed by atoms with Crippen LogP contribution in [0.3, 0.4) is 0 Å². The second-order valence-corrected chi connectivity index (χ2v) is 5.90. The molecular weight excluding hydrogens is 204 g/mol. The molecule has 0 aromatic heterocycles. The van der Waals surface area contributed by atoms with Crippen LogP contribution in [0.2, 0.25) is 0 Å². The van der Waals surface area contributed by atoms with Gasteiger partial charge in [0.25, 0.3) is 0 Å². The van der Waals surface area contributed by atoms with Gasteiger partial charge in [-0.15, -0.1) is 0 Å². The minimum atomic E-state index is 0.622. The highest BCUT2D eigenvalue weighted by Crippen LogP contribution is 2.54. The first kappa shape index (κ1) is 10.8. The summed E-state index contributed by atoms with van der Waals surface area (Å²) in [4.78, 5) is 0. The monoisotopic (exact) mass is 224 g/mol. The van der Waals surface area contributed by atoms with Crippen LogP contribution < -0.4 is 0 Å². The van der Waals surface area contributed by atoms with E-state index in [2.05, 4.69) is 56.3 Å². The summed E-state index contributed by atoms with van der Waals surface area (Å²) in [6.45, 7) is 4.81. The third-order valence-corrected chi connectivity index (χ3v) is 4.65. The van der Waals surface area contributed by atoms with Crippen LogP contribution in [0.5, 0.6) is 0 Å². The molecule has 0 N–H and O–H groups in total. The van der Waals surface area contributed by atoms with Crippen molar-refractivity contribution in [3.8, 4) is 0 Å². The largest absolute Gasteiger partial charge is 0.0620 e.